The molecular formula is C10H12BrN. The second-order valence-electron chi connectivity index (χ2n) is 3.29. The van der Waals surface area contributed by atoms with E-state index in [1.807, 2.05) is 7.05 Å². The molecule has 0 amide bonds. The first kappa shape index (κ1) is 8.27. The molecule has 64 valence electrons. The van der Waals surface area contributed by atoms with Crippen LogP contribution in [-0.4, -0.2) is 13.1 Å². The largest absolute Gasteiger partial charge is 0.316 e. The maximum Gasteiger partial charge on any atom is 0.0178 e. The smallest absolute Gasteiger partial charge is 0.0178 e. The summed E-state index contributed by atoms with van der Waals surface area (Å²) in [4.78, 5) is 0. The van der Waals surface area contributed by atoms with Gasteiger partial charge in [-0.25, -0.2) is 0 Å². The SMILES string of the molecule is CN[C@@H]1C[C@H]1c1cccc(Br)c1. The zero-order valence-electron chi connectivity index (χ0n) is 7.05. The normalized spacial score (nSPS) is 27.2. The summed E-state index contributed by atoms with van der Waals surface area (Å²) in [6, 6.07) is 9.29. The molecule has 1 saturated carbocycles. The third-order valence-corrected chi connectivity index (χ3v) is 2.93. The third-order valence-electron chi connectivity index (χ3n) is 2.44. The van der Waals surface area contributed by atoms with Gasteiger partial charge in [0, 0.05) is 16.4 Å². The van der Waals surface area contributed by atoms with Crippen LogP contribution in [0.15, 0.2) is 28.7 Å². The summed E-state index contributed by atoms with van der Waals surface area (Å²) in [5.41, 5.74) is 1.45. The molecule has 2 rings (SSSR count). The fourth-order valence-electron chi connectivity index (χ4n) is 1.62. The second-order valence-corrected chi connectivity index (χ2v) is 4.21. The van der Waals surface area contributed by atoms with Crippen LogP contribution < -0.4 is 5.32 Å². The molecule has 1 N–H and O–H groups in total. The molecule has 0 radical (unpaired) electrons. The summed E-state index contributed by atoms with van der Waals surface area (Å²) in [6.45, 7) is 0. The highest BCUT2D eigenvalue weighted by atomic mass is 79.9. The number of hydrogen-bond donors (Lipinski definition) is 1. The van der Waals surface area contributed by atoms with Gasteiger partial charge in [0.15, 0.2) is 0 Å². The zero-order chi connectivity index (χ0) is 8.55. The van der Waals surface area contributed by atoms with Crippen LogP contribution in [0.1, 0.15) is 17.9 Å². The van der Waals surface area contributed by atoms with Crippen molar-refractivity contribution < 1.29 is 0 Å². The lowest BCUT2D eigenvalue weighted by molar-refractivity contribution is 0.783. The van der Waals surface area contributed by atoms with Crippen molar-refractivity contribution in [2.24, 2.45) is 0 Å². The van der Waals surface area contributed by atoms with E-state index < -0.39 is 0 Å². The van der Waals surface area contributed by atoms with Gasteiger partial charge in [0.25, 0.3) is 0 Å². The van der Waals surface area contributed by atoms with E-state index in [-0.39, 0.29) is 0 Å². The molecule has 1 aliphatic carbocycles. The first-order valence-corrected chi connectivity index (χ1v) is 5.03. The fourth-order valence-corrected chi connectivity index (χ4v) is 2.04. The highest BCUT2D eigenvalue weighted by molar-refractivity contribution is 9.10. The predicted octanol–water partition coefficient (Wildman–Crippen LogP) is 2.52. The van der Waals surface area contributed by atoms with E-state index in [0.717, 1.165) is 5.92 Å². The van der Waals surface area contributed by atoms with E-state index in [1.54, 1.807) is 0 Å². The Bertz CT molecular complexity index is 285. The molecule has 0 aliphatic heterocycles. The van der Waals surface area contributed by atoms with Gasteiger partial charge in [0.05, 0.1) is 0 Å². The Balaban J connectivity index is 2.14. The van der Waals surface area contributed by atoms with Crippen molar-refractivity contribution in [1.29, 1.82) is 0 Å². The van der Waals surface area contributed by atoms with Gasteiger partial charge < -0.3 is 5.32 Å². The summed E-state index contributed by atoms with van der Waals surface area (Å²) in [5.74, 6) is 0.743. The molecule has 2 heteroatoms. The number of halogens is 1. The monoisotopic (exact) mass is 225 g/mol. The van der Waals surface area contributed by atoms with Gasteiger partial charge >= 0.3 is 0 Å². The Morgan fingerprint density at radius 1 is 1.50 bits per heavy atom. The van der Waals surface area contributed by atoms with Crippen molar-refractivity contribution in [3.8, 4) is 0 Å². The first-order chi connectivity index (χ1) is 5.81. The number of nitrogens with one attached hydrogen (secondary N) is 1. The van der Waals surface area contributed by atoms with Crippen molar-refractivity contribution in [3.05, 3.63) is 34.3 Å². The Morgan fingerprint density at radius 3 is 2.92 bits per heavy atom. The van der Waals surface area contributed by atoms with Crippen molar-refractivity contribution in [2.75, 3.05) is 7.05 Å². The van der Waals surface area contributed by atoms with Crippen LogP contribution in [0.3, 0.4) is 0 Å². The van der Waals surface area contributed by atoms with Crippen LogP contribution >= 0.6 is 15.9 Å². The maximum atomic E-state index is 3.48. The van der Waals surface area contributed by atoms with Crippen LogP contribution in [0, 0.1) is 0 Å². The van der Waals surface area contributed by atoms with E-state index in [0.29, 0.717) is 6.04 Å². The predicted molar refractivity (Wildman–Crippen MR) is 54.3 cm³/mol. The molecule has 0 unspecified atom stereocenters. The molecular weight excluding hydrogens is 214 g/mol. The molecule has 0 aromatic heterocycles. The van der Waals surface area contributed by atoms with Gasteiger partial charge in [0.2, 0.25) is 0 Å². The molecule has 1 aliphatic rings. The summed E-state index contributed by atoms with van der Waals surface area (Å²) in [7, 11) is 2.03. The summed E-state index contributed by atoms with van der Waals surface area (Å²) in [6.07, 6.45) is 1.28. The summed E-state index contributed by atoms with van der Waals surface area (Å²) in [5, 5.41) is 3.29. The van der Waals surface area contributed by atoms with Gasteiger partial charge in [-0.15, -0.1) is 0 Å². The molecule has 1 fully saturated rings. The minimum atomic E-state index is 0.708. The minimum absolute atomic E-state index is 0.708. The average molecular weight is 226 g/mol. The standard InChI is InChI=1S/C10H12BrN/c1-12-10-6-9(10)7-3-2-4-8(11)5-7/h2-5,9-10,12H,6H2,1H3/t9-,10+/m0/s1. The Labute approximate surface area is 81.3 Å². The van der Waals surface area contributed by atoms with E-state index in [1.165, 1.54) is 16.5 Å². The Hall–Kier alpha value is -0.340. The van der Waals surface area contributed by atoms with E-state index in [4.69, 9.17) is 0 Å². The highest BCUT2D eigenvalue weighted by Gasteiger charge is 2.36. The van der Waals surface area contributed by atoms with Crippen LogP contribution in [0.25, 0.3) is 0 Å². The molecule has 0 spiro atoms. The van der Waals surface area contributed by atoms with Crippen LogP contribution in [0.4, 0.5) is 0 Å². The molecule has 0 saturated heterocycles. The molecule has 0 heterocycles. The van der Waals surface area contributed by atoms with Crippen LogP contribution in [0.2, 0.25) is 0 Å². The highest BCUT2D eigenvalue weighted by Crippen LogP contribution is 2.40. The lowest BCUT2D eigenvalue weighted by Gasteiger charge is -1.99. The molecule has 12 heavy (non-hydrogen) atoms. The number of rotatable bonds is 2. The summed E-state index contributed by atoms with van der Waals surface area (Å²) >= 11 is 3.48. The average Bonchev–Trinajstić information content (AvgIpc) is 2.83. The first-order valence-electron chi connectivity index (χ1n) is 4.24. The van der Waals surface area contributed by atoms with Crippen LogP contribution in [-0.2, 0) is 0 Å². The van der Waals surface area contributed by atoms with Gasteiger partial charge in [-0.3, -0.25) is 0 Å². The topological polar surface area (TPSA) is 12.0 Å². The Kier molecular flexibility index (Phi) is 2.20. The third kappa shape index (κ3) is 1.54. The van der Waals surface area contributed by atoms with Crippen LogP contribution in [0.5, 0.6) is 0 Å². The number of hydrogen-bond acceptors (Lipinski definition) is 1. The van der Waals surface area contributed by atoms with Gasteiger partial charge in [-0.2, -0.15) is 0 Å². The number of likely N-dealkylation sites (N-methyl/N-ethyl adjacent to an activating group) is 1. The van der Waals surface area contributed by atoms with E-state index in [2.05, 4.69) is 45.5 Å². The molecule has 1 aromatic carbocycles. The maximum absolute atomic E-state index is 3.48. The van der Waals surface area contributed by atoms with Gasteiger partial charge in [0.1, 0.15) is 0 Å². The van der Waals surface area contributed by atoms with E-state index in [9.17, 15) is 0 Å². The van der Waals surface area contributed by atoms with Gasteiger partial charge in [-0.1, -0.05) is 28.1 Å². The quantitative estimate of drug-likeness (QED) is 0.816. The van der Waals surface area contributed by atoms with Crippen molar-refractivity contribution in [3.63, 3.8) is 0 Å². The van der Waals surface area contributed by atoms with Gasteiger partial charge in [-0.05, 0) is 31.2 Å². The van der Waals surface area contributed by atoms with Crippen molar-refractivity contribution >= 4 is 15.9 Å². The molecule has 1 nitrogen and oxygen atoms in total. The molecule has 1 aromatic rings. The summed E-state index contributed by atoms with van der Waals surface area (Å²) < 4.78 is 1.18. The molecule has 0 bridgehead atoms. The lowest BCUT2D eigenvalue weighted by Crippen LogP contribution is -2.10. The van der Waals surface area contributed by atoms with Crippen molar-refractivity contribution in [1.82, 2.24) is 5.32 Å². The lowest BCUT2D eigenvalue weighted by atomic mass is 10.1. The number of benzene rings is 1. The zero-order valence-corrected chi connectivity index (χ0v) is 8.64. The fraction of sp³-hybridized carbons (Fsp3) is 0.400. The van der Waals surface area contributed by atoms with E-state index >= 15 is 0 Å². The van der Waals surface area contributed by atoms with Crippen molar-refractivity contribution in [2.45, 2.75) is 18.4 Å². The Morgan fingerprint density at radius 2 is 2.33 bits per heavy atom. The molecule has 2 atom stereocenters. The second kappa shape index (κ2) is 3.19. The minimum Gasteiger partial charge on any atom is -0.316 e.